The van der Waals surface area contributed by atoms with Gasteiger partial charge in [0.15, 0.2) is 11.6 Å². The molecule has 6 nitrogen and oxygen atoms in total. The van der Waals surface area contributed by atoms with E-state index in [1.54, 1.807) is 38.2 Å². The molecule has 8 heteroatoms. The van der Waals surface area contributed by atoms with Gasteiger partial charge in [-0.2, -0.15) is 5.10 Å². The summed E-state index contributed by atoms with van der Waals surface area (Å²) in [7, 11) is 1.68. The molecule has 30 heavy (non-hydrogen) atoms. The zero-order chi connectivity index (χ0) is 21.6. The summed E-state index contributed by atoms with van der Waals surface area (Å²) < 4.78 is 29.1. The molecule has 1 aromatic heterocycles. The van der Waals surface area contributed by atoms with Gasteiger partial charge in [-0.15, -0.1) is 0 Å². The molecular formula is C22H20F2N4O2. The van der Waals surface area contributed by atoms with E-state index in [0.29, 0.717) is 28.2 Å². The van der Waals surface area contributed by atoms with Gasteiger partial charge >= 0.3 is 0 Å². The smallest absolute Gasteiger partial charge is 0.251 e. The van der Waals surface area contributed by atoms with Crippen molar-refractivity contribution in [3.8, 4) is 0 Å². The van der Waals surface area contributed by atoms with Gasteiger partial charge in [0.25, 0.3) is 5.91 Å². The molecule has 0 spiro atoms. The van der Waals surface area contributed by atoms with Crippen molar-refractivity contribution in [2.75, 3.05) is 5.32 Å². The number of benzene rings is 2. The maximum atomic E-state index is 14.0. The van der Waals surface area contributed by atoms with Gasteiger partial charge in [-0.1, -0.05) is 23.8 Å². The summed E-state index contributed by atoms with van der Waals surface area (Å²) >= 11 is 0. The first-order valence-electron chi connectivity index (χ1n) is 9.43. The first-order chi connectivity index (χ1) is 14.3. The molecule has 0 saturated carbocycles. The van der Waals surface area contributed by atoms with Crippen molar-refractivity contribution in [1.82, 2.24) is 15.1 Å². The van der Waals surface area contributed by atoms with E-state index in [1.165, 1.54) is 10.7 Å². The SMILES string of the molecule is Cc1ccc(C(=O)N[C@H]2C(=O)Nc3c(c(C)nn3C)[C@@H]2c2ccc(F)c(F)c2)cc1. The molecule has 1 aliphatic rings. The van der Waals surface area contributed by atoms with E-state index in [-0.39, 0.29) is 0 Å². The number of fused-ring (bicyclic) bond motifs is 1. The van der Waals surface area contributed by atoms with Gasteiger partial charge < -0.3 is 10.6 Å². The van der Waals surface area contributed by atoms with Crippen LogP contribution in [-0.4, -0.2) is 27.6 Å². The van der Waals surface area contributed by atoms with Gasteiger partial charge in [0.2, 0.25) is 5.91 Å². The number of amides is 2. The Kier molecular flexibility index (Phi) is 4.85. The Balaban J connectivity index is 1.79. The van der Waals surface area contributed by atoms with Crippen LogP contribution in [-0.2, 0) is 11.8 Å². The molecule has 154 valence electrons. The molecule has 2 aromatic carbocycles. The molecule has 2 amide bonds. The molecule has 0 saturated heterocycles. The van der Waals surface area contributed by atoms with Crippen LogP contribution in [0.15, 0.2) is 42.5 Å². The van der Waals surface area contributed by atoms with Crippen LogP contribution >= 0.6 is 0 Å². The van der Waals surface area contributed by atoms with Crippen LogP contribution in [0.2, 0.25) is 0 Å². The Morgan fingerprint density at radius 2 is 1.80 bits per heavy atom. The van der Waals surface area contributed by atoms with Crippen LogP contribution in [0.1, 0.15) is 38.7 Å². The Labute approximate surface area is 171 Å². The lowest BCUT2D eigenvalue weighted by molar-refractivity contribution is -0.118. The molecule has 2 heterocycles. The third kappa shape index (κ3) is 3.34. The number of hydrogen-bond donors (Lipinski definition) is 2. The highest BCUT2D eigenvalue weighted by atomic mass is 19.2. The fraction of sp³-hybridized carbons (Fsp3) is 0.227. The van der Waals surface area contributed by atoms with Crippen molar-refractivity contribution in [2.45, 2.75) is 25.8 Å². The van der Waals surface area contributed by atoms with Crippen LogP contribution in [0.4, 0.5) is 14.6 Å². The number of hydrogen-bond acceptors (Lipinski definition) is 3. The fourth-order valence-corrected chi connectivity index (χ4v) is 3.85. The maximum Gasteiger partial charge on any atom is 0.251 e. The minimum atomic E-state index is -1.03. The zero-order valence-electron chi connectivity index (χ0n) is 16.7. The highest BCUT2D eigenvalue weighted by Gasteiger charge is 2.41. The largest absolute Gasteiger partial charge is 0.339 e. The summed E-state index contributed by atoms with van der Waals surface area (Å²) in [5.74, 6) is -3.17. The molecule has 4 rings (SSSR count). The molecule has 0 fully saturated rings. The summed E-state index contributed by atoms with van der Waals surface area (Å²) in [6, 6.07) is 9.39. The predicted molar refractivity (Wildman–Crippen MR) is 107 cm³/mol. The minimum Gasteiger partial charge on any atom is -0.339 e. The van der Waals surface area contributed by atoms with Crippen molar-refractivity contribution >= 4 is 17.6 Å². The van der Waals surface area contributed by atoms with Crippen molar-refractivity contribution in [3.05, 3.63) is 82.0 Å². The van der Waals surface area contributed by atoms with E-state index in [2.05, 4.69) is 15.7 Å². The molecule has 0 aliphatic carbocycles. The lowest BCUT2D eigenvalue weighted by Gasteiger charge is -2.32. The standard InChI is InChI=1S/C22H20F2N4O2/c1-11-4-6-13(7-5-11)21(29)25-19-18(14-8-9-15(23)16(24)10-14)17-12(2)27-28(3)20(17)26-22(19)30/h4-10,18-19H,1-3H3,(H,25,29)(H,26,30)/t18-,19+/m0/s1. The van der Waals surface area contributed by atoms with Crippen molar-refractivity contribution < 1.29 is 18.4 Å². The summed E-state index contributed by atoms with van der Waals surface area (Å²) in [5.41, 5.74) is 3.04. The quantitative estimate of drug-likeness (QED) is 0.696. The van der Waals surface area contributed by atoms with E-state index in [9.17, 15) is 18.4 Å². The van der Waals surface area contributed by atoms with Crippen LogP contribution in [0.5, 0.6) is 0 Å². The maximum absolute atomic E-state index is 14.0. The van der Waals surface area contributed by atoms with Gasteiger partial charge in [0, 0.05) is 24.1 Å². The van der Waals surface area contributed by atoms with E-state index >= 15 is 0 Å². The van der Waals surface area contributed by atoms with Crippen LogP contribution in [0.25, 0.3) is 0 Å². The normalized spacial score (nSPS) is 18.0. The number of nitrogens with zero attached hydrogens (tertiary/aromatic N) is 2. The number of halogens is 2. The Hall–Kier alpha value is -3.55. The number of aromatic nitrogens is 2. The summed E-state index contributed by atoms with van der Waals surface area (Å²) in [5, 5.41) is 9.88. The molecular weight excluding hydrogens is 390 g/mol. The molecule has 0 radical (unpaired) electrons. The molecule has 0 bridgehead atoms. The fourth-order valence-electron chi connectivity index (χ4n) is 3.85. The number of carbonyl (C=O) groups is 2. The van der Waals surface area contributed by atoms with E-state index in [4.69, 9.17) is 0 Å². The monoisotopic (exact) mass is 410 g/mol. The Morgan fingerprint density at radius 1 is 1.10 bits per heavy atom. The topological polar surface area (TPSA) is 76.0 Å². The molecule has 2 atom stereocenters. The second-order valence-electron chi connectivity index (χ2n) is 7.43. The minimum absolute atomic E-state index is 0.371. The van der Waals surface area contributed by atoms with Gasteiger partial charge in [-0.3, -0.25) is 14.3 Å². The molecule has 3 aromatic rings. The second kappa shape index (κ2) is 7.37. The van der Waals surface area contributed by atoms with Crippen molar-refractivity contribution in [3.63, 3.8) is 0 Å². The molecule has 1 aliphatic heterocycles. The summed E-state index contributed by atoms with van der Waals surface area (Å²) in [6.45, 7) is 3.67. The Bertz CT molecular complexity index is 1150. The number of aryl methyl sites for hydroxylation is 3. The first-order valence-corrected chi connectivity index (χ1v) is 9.43. The number of nitrogens with one attached hydrogen (secondary N) is 2. The Morgan fingerprint density at radius 3 is 2.47 bits per heavy atom. The third-order valence-electron chi connectivity index (χ3n) is 5.34. The number of carbonyl (C=O) groups excluding carboxylic acids is 2. The lowest BCUT2D eigenvalue weighted by Crippen LogP contribution is -2.50. The van der Waals surface area contributed by atoms with Gasteiger partial charge in [0.05, 0.1) is 5.69 Å². The third-order valence-corrected chi connectivity index (χ3v) is 5.34. The first kappa shape index (κ1) is 19.8. The van der Waals surface area contributed by atoms with E-state index in [0.717, 1.165) is 17.7 Å². The summed E-state index contributed by atoms with van der Waals surface area (Å²) in [6.07, 6.45) is 0. The number of anilines is 1. The van der Waals surface area contributed by atoms with Gasteiger partial charge in [-0.05, 0) is 43.7 Å². The van der Waals surface area contributed by atoms with Crippen LogP contribution in [0, 0.1) is 25.5 Å². The van der Waals surface area contributed by atoms with E-state index < -0.39 is 35.4 Å². The zero-order valence-corrected chi connectivity index (χ0v) is 16.7. The average Bonchev–Trinajstić information content (AvgIpc) is 2.98. The highest BCUT2D eigenvalue weighted by molar-refractivity contribution is 6.03. The average molecular weight is 410 g/mol. The second-order valence-corrected chi connectivity index (χ2v) is 7.43. The van der Waals surface area contributed by atoms with Gasteiger partial charge in [-0.25, -0.2) is 8.78 Å². The number of rotatable bonds is 3. The van der Waals surface area contributed by atoms with Crippen LogP contribution < -0.4 is 10.6 Å². The molecule has 0 unspecified atom stereocenters. The molecule has 2 N–H and O–H groups in total. The summed E-state index contributed by atoms with van der Waals surface area (Å²) in [4.78, 5) is 25.8. The van der Waals surface area contributed by atoms with Gasteiger partial charge in [0.1, 0.15) is 11.9 Å². The lowest BCUT2D eigenvalue weighted by atomic mass is 9.81. The van der Waals surface area contributed by atoms with Crippen LogP contribution in [0.3, 0.4) is 0 Å². The van der Waals surface area contributed by atoms with E-state index in [1.807, 2.05) is 6.92 Å². The van der Waals surface area contributed by atoms with Crippen molar-refractivity contribution in [1.29, 1.82) is 0 Å². The highest BCUT2D eigenvalue weighted by Crippen LogP contribution is 2.39. The van der Waals surface area contributed by atoms with Crippen molar-refractivity contribution in [2.24, 2.45) is 7.05 Å². The predicted octanol–water partition coefficient (Wildman–Crippen LogP) is 3.20.